The van der Waals surface area contributed by atoms with Crippen LogP contribution in [0.15, 0.2) is 42.6 Å². The molecule has 0 spiro atoms. The van der Waals surface area contributed by atoms with Crippen LogP contribution >= 0.6 is 0 Å². The molecule has 0 aliphatic carbocycles. The van der Waals surface area contributed by atoms with Crippen molar-refractivity contribution in [2.75, 3.05) is 60.3 Å². The zero-order valence-corrected chi connectivity index (χ0v) is 17.2. The Morgan fingerprint density at radius 2 is 1.65 bits per heavy atom. The second-order valence-corrected chi connectivity index (χ2v) is 7.32. The van der Waals surface area contributed by atoms with Crippen molar-refractivity contribution in [2.24, 2.45) is 0 Å². The highest BCUT2D eigenvalue weighted by atomic mass is 19.2. The smallest absolute Gasteiger partial charge is 0.229 e. The van der Waals surface area contributed by atoms with Gasteiger partial charge in [0.2, 0.25) is 5.95 Å². The standard InChI is InChI=1S/C21H22F3N7/c1-29(2)18-13-16(26-15-7-6-14(22)19(23)20(15)24)27-21(28-18)31-11-9-30(10-12-31)17-5-3-4-8-25-17/h3-8,13H,9-12H2,1-2H3,(H,26,27,28). The van der Waals surface area contributed by atoms with Gasteiger partial charge in [-0.2, -0.15) is 9.97 Å². The summed E-state index contributed by atoms with van der Waals surface area (Å²) in [6.45, 7) is 2.83. The highest BCUT2D eigenvalue weighted by Crippen LogP contribution is 2.26. The van der Waals surface area contributed by atoms with E-state index in [4.69, 9.17) is 0 Å². The molecular weight excluding hydrogens is 407 g/mol. The fraction of sp³-hybridized carbons (Fsp3) is 0.286. The van der Waals surface area contributed by atoms with Gasteiger partial charge in [0, 0.05) is 52.5 Å². The predicted octanol–water partition coefficient (Wildman–Crippen LogP) is 3.43. The molecule has 162 valence electrons. The minimum atomic E-state index is -1.53. The Bertz CT molecular complexity index is 1050. The summed E-state index contributed by atoms with van der Waals surface area (Å²) < 4.78 is 41.0. The van der Waals surface area contributed by atoms with Crippen molar-refractivity contribution in [2.45, 2.75) is 0 Å². The van der Waals surface area contributed by atoms with Gasteiger partial charge in [0.1, 0.15) is 17.5 Å². The zero-order valence-electron chi connectivity index (χ0n) is 17.2. The van der Waals surface area contributed by atoms with E-state index in [0.29, 0.717) is 24.9 Å². The summed E-state index contributed by atoms with van der Waals surface area (Å²) in [6.07, 6.45) is 1.76. The lowest BCUT2D eigenvalue weighted by molar-refractivity contribution is 0.449. The van der Waals surface area contributed by atoms with Crippen molar-refractivity contribution in [1.29, 1.82) is 0 Å². The lowest BCUT2D eigenvalue weighted by atomic mass is 10.2. The maximum absolute atomic E-state index is 14.1. The van der Waals surface area contributed by atoms with E-state index in [2.05, 4.69) is 25.2 Å². The number of anilines is 5. The topological polar surface area (TPSA) is 60.4 Å². The van der Waals surface area contributed by atoms with Crippen molar-refractivity contribution >= 4 is 29.1 Å². The van der Waals surface area contributed by atoms with Crippen LogP contribution in [0, 0.1) is 17.5 Å². The van der Waals surface area contributed by atoms with Gasteiger partial charge in [-0.05, 0) is 24.3 Å². The maximum atomic E-state index is 14.1. The minimum absolute atomic E-state index is 0.201. The first-order chi connectivity index (χ1) is 14.9. The van der Waals surface area contributed by atoms with Crippen LogP contribution in [-0.2, 0) is 0 Å². The Morgan fingerprint density at radius 1 is 0.903 bits per heavy atom. The van der Waals surface area contributed by atoms with Gasteiger partial charge in [-0.3, -0.25) is 0 Å². The van der Waals surface area contributed by atoms with Gasteiger partial charge in [0.15, 0.2) is 17.5 Å². The molecule has 1 aliphatic rings. The summed E-state index contributed by atoms with van der Waals surface area (Å²) in [6, 6.07) is 9.42. The van der Waals surface area contributed by atoms with Crippen molar-refractivity contribution in [3.63, 3.8) is 0 Å². The average Bonchev–Trinajstić information content (AvgIpc) is 2.80. The fourth-order valence-corrected chi connectivity index (χ4v) is 3.29. The molecule has 2 aromatic heterocycles. The average molecular weight is 429 g/mol. The Kier molecular flexibility index (Phi) is 5.79. The molecule has 0 saturated carbocycles. The van der Waals surface area contributed by atoms with Crippen LogP contribution in [-0.4, -0.2) is 55.2 Å². The van der Waals surface area contributed by atoms with Crippen LogP contribution in [0.2, 0.25) is 0 Å². The number of pyridine rings is 1. The van der Waals surface area contributed by atoms with Crippen LogP contribution in [0.5, 0.6) is 0 Å². The molecule has 1 saturated heterocycles. The van der Waals surface area contributed by atoms with Crippen molar-refractivity contribution in [3.05, 3.63) is 60.0 Å². The SMILES string of the molecule is CN(C)c1cc(Nc2ccc(F)c(F)c2F)nc(N2CCN(c3ccccn3)CC2)n1. The lowest BCUT2D eigenvalue weighted by Gasteiger charge is -2.35. The molecule has 1 aliphatic heterocycles. The molecule has 0 atom stereocenters. The summed E-state index contributed by atoms with van der Waals surface area (Å²) in [4.78, 5) is 19.5. The third-order valence-corrected chi connectivity index (χ3v) is 4.99. The first-order valence-electron chi connectivity index (χ1n) is 9.80. The number of aromatic nitrogens is 3. The number of rotatable bonds is 5. The van der Waals surface area contributed by atoms with Gasteiger partial charge >= 0.3 is 0 Å². The molecule has 10 heteroatoms. The third-order valence-electron chi connectivity index (χ3n) is 4.99. The van der Waals surface area contributed by atoms with E-state index >= 15 is 0 Å². The first-order valence-corrected chi connectivity index (χ1v) is 9.80. The van der Waals surface area contributed by atoms with E-state index in [0.717, 1.165) is 31.0 Å². The van der Waals surface area contributed by atoms with Crippen LogP contribution in [0.25, 0.3) is 0 Å². The quantitative estimate of drug-likeness (QED) is 0.624. The van der Waals surface area contributed by atoms with Crippen molar-refractivity contribution in [3.8, 4) is 0 Å². The van der Waals surface area contributed by atoms with Crippen molar-refractivity contribution in [1.82, 2.24) is 15.0 Å². The first kappa shape index (κ1) is 20.7. The number of hydrogen-bond donors (Lipinski definition) is 1. The van der Waals surface area contributed by atoms with E-state index in [-0.39, 0.29) is 11.5 Å². The molecule has 3 heterocycles. The molecule has 3 aromatic rings. The molecule has 7 nitrogen and oxygen atoms in total. The van der Waals surface area contributed by atoms with Crippen molar-refractivity contribution < 1.29 is 13.2 Å². The van der Waals surface area contributed by atoms with E-state index in [1.807, 2.05) is 37.2 Å². The van der Waals surface area contributed by atoms with Crippen LogP contribution in [0.4, 0.5) is 42.3 Å². The molecular formula is C21H22F3N7. The normalized spacial score (nSPS) is 14.0. The number of benzene rings is 1. The Hall–Kier alpha value is -3.56. The van der Waals surface area contributed by atoms with Crippen LogP contribution in [0.3, 0.4) is 0 Å². The fourth-order valence-electron chi connectivity index (χ4n) is 3.29. The zero-order chi connectivity index (χ0) is 22.0. The summed E-state index contributed by atoms with van der Waals surface area (Å²) in [5, 5.41) is 2.74. The molecule has 0 bridgehead atoms. The van der Waals surface area contributed by atoms with Crippen LogP contribution < -0.4 is 20.0 Å². The van der Waals surface area contributed by atoms with Gasteiger partial charge < -0.3 is 20.0 Å². The molecule has 1 aromatic carbocycles. The lowest BCUT2D eigenvalue weighted by Crippen LogP contribution is -2.47. The van der Waals surface area contributed by atoms with E-state index in [1.54, 1.807) is 17.2 Å². The number of nitrogens with one attached hydrogen (secondary N) is 1. The molecule has 0 radical (unpaired) electrons. The van der Waals surface area contributed by atoms with E-state index < -0.39 is 17.5 Å². The van der Waals surface area contributed by atoms with Gasteiger partial charge in [-0.1, -0.05) is 6.07 Å². The van der Waals surface area contributed by atoms with E-state index in [9.17, 15) is 13.2 Å². The Labute approximate surface area is 178 Å². The summed E-state index contributed by atoms with van der Waals surface area (Å²) in [7, 11) is 3.65. The molecule has 0 unspecified atom stereocenters. The summed E-state index contributed by atoms with van der Waals surface area (Å²) in [5.41, 5.74) is -0.201. The molecule has 0 amide bonds. The molecule has 1 N–H and O–H groups in total. The summed E-state index contributed by atoms with van der Waals surface area (Å²) in [5.74, 6) is -1.80. The monoisotopic (exact) mass is 429 g/mol. The number of nitrogens with zero attached hydrogens (tertiary/aromatic N) is 6. The molecule has 4 rings (SSSR count). The second kappa shape index (κ2) is 8.66. The number of hydrogen-bond acceptors (Lipinski definition) is 7. The van der Waals surface area contributed by atoms with Gasteiger partial charge in [0.25, 0.3) is 0 Å². The highest BCUT2D eigenvalue weighted by Gasteiger charge is 2.22. The maximum Gasteiger partial charge on any atom is 0.229 e. The Balaban J connectivity index is 1.56. The third kappa shape index (κ3) is 4.47. The number of halogens is 3. The van der Waals surface area contributed by atoms with Gasteiger partial charge in [0.05, 0.1) is 5.69 Å². The van der Waals surface area contributed by atoms with Crippen LogP contribution in [0.1, 0.15) is 0 Å². The van der Waals surface area contributed by atoms with Gasteiger partial charge in [-0.15, -0.1) is 0 Å². The summed E-state index contributed by atoms with van der Waals surface area (Å²) >= 11 is 0. The second-order valence-electron chi connectivity index (χ2n) is 7.32. The highest BCUT2D eigenvalue weighted by molar-refractivity contribution is 5.62. The molecule has 1 fully saturated rings. The molecule has 31 heavy (non-hydrogen) atoms. The largest absolute Gasteiger partial charge is 0.363 e. The Morgan fingerprint density at radius 3 is 2.32 bits per heavy atom. The minimum Gasteiger partial charge on any atom is -0.363 e. The predicted molar refractivity (Wildman–Crippen MR) is 115 cm³/mol. The van der Waals surface area contributed by atoms with E-state index in [1.165, 1.54) is 0 Å². The van der Waals surface area contributed by atoms with Gasteiger partial charge in [-0.25, -0.2) is 18.2 Å². The number of piperazine rings is 1.